The fourth-order valence-electron chi connectivity index (χ4n) is 3.20. The topological polar surface area (TPSA) is 67.7 Å². The third-order valence-corrected chi connectivity index (χ3v) is 4.72. The summed E-state index contributed by atoms with van der Waals surface area (Å²) >= 11 is 6.10. The number of nitrogens with zero attached hydrogens (tertiary/aromatic N) is 3. The summed E-state index contributed by atoms with van der Waals surface area (Å²) in [5.74, 6) is 2.11. The maximum absolute atomic E-state index is 9.83. The van der Waals surface area contributed by atoms with Gasteiger partial charge in [0.2, 0.25) is 0 Å². The van der Waals surface area contributed by atoms with E-state index in [-0.39, 0.29) is 5.75 Å². The molecule has 0 saturated heterocycles. The molecule has 0 atom stereocenters. The van der Waals surface area contributed by atoms with E-state index in [9.17, 15) is 5.11 Å². The van der Waals surface area contributed by atoms with Gasteiger partial charge < -0.3 is 19.5 Å². The van der Waals surface area contributed by atoms with Gasteiger partial charge in [-0.2, -0.15) is 0 Å². The lowest BCUT2D eigenvalue weighted by atomic mass is 10.1. The number of hydrogen-bond donors (Lipinski definition) is 1. The van der Waals surface area contributed by atoms with E-state index in [1.807, 2.05) is 12.1 Å². The van der Waals surface area contributed by atoms with Crippen molar-refractivity contribution in [2.75, 3.05) is 25.7 Å². The Morgan fingerprint density at radius 3 is 2.60 bits per heavy atom. The molecule has 3 aromatic rings. The van der Waals surface area contributed by atoms with Crippen LogP contribution in [0.25, 0.3) is 10.9 Å². The molecular formula is C18H16ClN3O3. The summed E-state index contributed by atoms with van der Waals surface area (Å²) in [6.07, 6.45) is 2.34. The molecule has 0 radical (unpaired) electrons. The number of halogens is 1. The number of aromatic hydroxyl groups is 1. The van der Waals surface area contributed by atoms with Crippen LogP contribution in [0.3, 0.4) is 0 Å². The van der Waals surface area contributed by atoms with Gasteiger partial charge in [0.25, 0.3) is 0 Å². The fourth-order valence-corrected chi connectivity index (χ4v) is 3.36. The highest BCUT2D eigenvalue weighted by molar-refractivity contribution is 6.32. The molecular weight excluding hydrogens is 342 g/mol. The van der Waals surface area contributed by atoms with E-state index in [0.29, 0.717) is 16.5 Å². The van der Waals surface area contributed by atoms with Gasteiger partial charge in [-0.3, -0.25) is 0 Å². The van der Waals surface area contributed by atoms with Gasteiger partial charge >= 0.3 is 0 Å². The molecule has 25 heavy (non-hydrogen) atoms. The van der Waals surface area contributed by atoms with Crippen LogP contribution in [0, 0.1) is 0 Å². The molecule has 6 nitrogen and oxygen atoms in total. The van der Waals surface area contributed by atoms with E-state index in [2.05, 4.69) is 14.9 Å². The molecule has 0 fully saturated rings. The van der Waals surface area contributed by atoms with Crippen LogP contribution >= 0.6 is 11.6 Å². The van der Waals surface area contributed by atoms with E-state index >= 15 is 0 Å². The molecule has 1 aliphatic heterocycles. The predicted molar refractivity (Wildman–Crippen MR) is 96.5 cm³/mol. The van der Waals surface area contributed by atoms with Crippen molar-refractivity contribution >= 4 is 34.0 Å². The number of methoxy groups -OCH3 is 2. The number of fused-ring (bicyclic) bond motifs is 2. The van der Waals surface area contributed by atoms with Crippen molar-refractivity contribution in [3.05, 3.63) is 41.2 Å². The number of rotatable bonds is 3. The van der Waals surface area contributed by atoms with Crippen molar-refractivity contribution in [3.8, 4) is 17.2 Å². The number of hydrogen-bond acceptors (Lipinski definition) is 6. The van der Waals surface area contributed by atoms with Crippen LogP contribution in [0.4, 0.5) is 11.5 Å². The number of anilines is 2. The van der Waals surface area contributed by atoms with Gasteiger partial charge in [-0.05, 0) is 30.2 Å². The van der Waals surface area contributed by atoms with Crippen molar-refractivity contribution in [2.24, 2.45) is 0 Å². The van der Waals surface area contributed by atoms with Crippen LogP contribution in [0.5, 0.6) is 17.2 Å². The number of benzene rings is 2. The Morgan fingerprint density at radius 2 is 1.84 bits per heavy atom. The van der Waals surface area contributed by atoms with E-state index < -0.39 is 0 Å². The Hall–Kier alpha value is -2.73. The van der Waals surface area contributed by atoms with Crippen LogP contribution in [-0.2, 0) is 6.42 Å². The maximum atomic E-state index is 9.83. The molecule has 1 aliphatic rings. The summed E-state index contributed by atoms with van der Waals surface area (Å²) in [6, 6.07) is 7.20. The molecule has 7 heteroatoms. The van der Waals surface area contributed by atoms with Crippen molar-refractivity contribution in [3.63, 3.8) is 0 Å². The second kappa shape index (κ2) is 5.97. The zero-order chi connectivity index (χ0) is 17.6. The average molecular weight is 358 g/mol. The minimum absolute atomic E-state index is 0.0983. The zero-order valence-corrected chi connectivity index (χ0v) is 14.5. The quantitative estimate of drug-likeness (QED) is 0.771. The first-order valence-corrected chi connectivity index (χ1v) is 8.16. The molecule has 0 spiro atoms. The number of aromatic nitrogens is 2. The lowest BCUT2D eigenvalue weighted by Gasteiger charge is -2.21. The van der Waals surface area contributed by atoms with Gasteiger partial charge in [0.1, 0.15) is 17.9 Å². The molecule has 0 aliphatic carbocycles. The first-order valence-electron chi connectivity index (χ1n) is 7.78. The highest BCUT2D eigenvalue weighted by atomic mass is 35.5. The second-order valence-electron chi connectivity index (χ2n) is 5.76. The van der Waals surface area contributed by atoms with Crippen LogP contribution in [0.2, 0.25) is 5.02 Å². The minimum atomic E-state index is 0.0983. The minimum Gasteiger partial charge on any atom is -0.506 e. The first-order chi connectivity index (χ1) is 12.1. The fraction of sp³-hybridized carbons (Fsp3) is 0.222. The molecule has 1 N–H and O–H groups in total. The van der Waals surface area contributed by atoms with E-state index in [1.165, 1.54) is 6.33 Å². The average Bonchev–Trinajstić information content (AvgIpc) is 3.02. The third kappa shape index (κ3) is 2.49. The summed E-state index contributed by atoms with van der Waals surface area (Å²) < 4.78 is 10.8. The van der Waals surface area contributed by atoms with Crippen LogP contribution in [0.15, 0.2) is 30.6 Å². The van der Waals surface area contributed by atoms with E-state index in [0.717, 1.165) is 40.9 Å². The molecule has 4 rings (SSSR count). The molecule has 128 valence electrons. The van der Waals surface area contributed by atoms with Crippen LogP contribution in [0.1, 0.15) is 5.56 Å². The molecule has 0 bridgehead atoms. The Labute approximate surface area is 149 Å². The molecule has 1 aromatic heterocycles. The largest absolute Gasteiger partial charge is 0.506 e. The molecule has 2 heterocycles. The maximum Gasteiger partial charge on any atom is 0.162 e. The van der Waals surface area contributed by atoms with Crippen molar-refractivity contribution in [1.82, 2.24) is 9.97 Å². The number of ether oxygens (including phenoxy) is 2. The Kier molecular flexibility index (Phi) is 3.77. The van der Waals surface area contributed by atoms with Gasteiger partial charge in [0.05, 0.1) is 24.8 Å². The standard InChI is InChI=1S/C18H16ClN3O3/c1-24-16-6-11-13(8-17(16)25-2)20-9-21-18(11)22-4-3-10-5-15(23)12(19)7-14(10)22/h5-9,23H,3-4H2,1-2H3. The second-order valence-corrected chi connectivity index (χ2v) is 6.16. The number of phenolic OH excluding ortho intramolecular Hbond substituents is 1. The Bertz CT molecular complexity index is 977. The van der Waals surface area contributed by atoms with Gasteiger partial charge in [-0.15, -0.1) is 0 Å². The molecule has 0 unspecified atom stereocenters. The van der Waals surface area contributed by atoms with Gasteiger partial charge in [-0.25, -0.2) is 9.97 Å². The third-order valence-electron chi connectivity index (χ3n) is 4.42. The van der Waals surface area contributed by atoms with E-state index in [4.69, 9.17) is 21.1 Å². The van der Waals surface area contributed by atoms with Crippen molar-refractivity contribution in [2.45, 2.75) is 6.42 Å². The summed E-state index contributed by atoms with van der Waals surface area (Å²) in [7, 11) is 3.19. The van der Waals surface area contributed by atoms with Gasteiger partial charge in [-0.1, -0.05) is 11.6 Å². The van der Waals surface area contributed by atoms with Crippen molar-refractivity contribution < 1.29 is 14.6 Å². The smallest absolute Gasteiger partial charge is 0.162 e. The normalized spacial score (nSPS) is 13.2. The highest BCUT2D eigenvalue weighted by Crippen LogP contribution is 2.42. The summed E-state index contributed by atoms with van der Waals surface area (Å²) in [6.45, 7) is 0.746. The molecule has 2 aromatic carbocycles. The zero-order valence-electron chi connectivity index (χ0n) is 13.8. The van der Waals surface area contributed by atoms with Crippen LogP contribution < -0.4 is 14.4 Å². The summed E-state index contributed by atoms with van der Waals surface area (Å²) in [4.78, 5) is 10.9. The van der Waals surface area contributed by atoms with Gasteiger partial charge in [0, 0.05) is 23.7 Å². The van der Waals surface area contributed by atoms with E-state index in [1.54, 1.807) is 26.4 Å². The SMILES string of the molecule is COc1cc2ncnc(N3CCc4cc(O)c(Cl)cc43)c2cc1OC. The summed E-state index contributed by atoms with van der Waals surface area (Å²) in [5, 5.41) is 11.0. The van der Waals surface area contributed by atoms with Gasteiger partial charge in [0.15, 0.2) is 11.5 Å². The first kappa shape index (κ1) is 15.8. The number of phenols is 1. The monoisotopic (exact) mass is 357 g/mol. The summed E-state index contributed by atoms with van der Waals surface area (Å²) in [5.41, 5.74) is 2.74. The lowest BCUT2D eigenvalue weighted by Crippen LogP contribution is -2.15. The Balaban J connectivity index is 1.90. The van der Waals surface area contributed by atoms with Crippen molar-refractivity contribution in [1.29, 1.82) is 0 Å². The van der Waals surface area contributed by atoms with Crippen LogP contribution in [-0.4, -0.2) is 35.8 Å². The lowest BCUT2D eigenvalue weighted by molar-refractivity contribution is 0.356. The predicted octanol–water partition coefficient (Wildman–Crippen LogP) is 3.70. The highest BCUT2D eigenvalue weighted by Gasteiger charge is 2.25. The molecule has 0 saturated carbocycles. The Morgan fingerprint density at radius 1 is 1.08 bits per heavy atom. The molecule has 0 amide bonds.